The van der Waals surface area contributed by atoms with Gasteiger partial charge in [-0.05, 0) is 31.0 Å². The van der Waals surface area contributed by atoms with Crippen LogP contribution in [0.2, 0.25) is 0 Å². The Kier molecular flexibility index (Phi) is 7.57. The highest BCUT2D eigenvalue weighted by molar-refractivity contribution is 5.79. The molecule has 3 rings (SSSR count). The maximum Gasteiger partial charge on any atom is 0.237 e. The lowest BCUT2D eigenvalue weighted by Gasteiger charge is -2.41. The van der Waals surface area contributed by atoms with E-state index < -0.39 is 5.54 Å². The molecule has 30 heavy (non-hydrogen) atoms. The van der Waals surface area contributed by atoms with Crippen LogP contribution in [0.15, 0.2) is 18.2 Å². The van der Waals surface area contributed by atoms with E-state index in [1.807, 2.05) is 25.2 Å². The first-order valence-corrected chi connectivity index (χ1v) is 10.8. The minimum Gasteiger partial charge on any atom is -0.497 e. The van der Waals surface area contributed by atoms with Crippen LogP contribution in [0.5, 0.6) is 11.5 Å². The van der Waals surface area contributed by atoms with Crippen molar-refractivity contribution < 1.29 is 14.3 Å². The second-order valence-corrected chi connectivity index (χ2v) is 8.39. The summed E-state index contributed by atoms with van der Waals surface area (Å²) in [5, 5.41) is 9.74. The third-order valence-corrected chi connectivity index (χ3v) is 6.61. The van der Waals surface area contributed by atoms with E-state index in [0.29, 0.717) is 6.54 Å². The third kappa shape index (κ3) is 5.05. The molecule has 0 unspecified atom stereocenters. The maximum atomic E-state index is 12.9. The van der Waals surface area contributed by atoms with Crippen LogP contribution < -0.4 is 9.47 Å². The Morgan fingerprint density at radius 3 is 2.37 bits per heavy atom. The summed E-state index contributed by atoms with van der Waals surface area (Å²) in [4.78, 5) is 19.2. The lowest BCUT2D eigenvalue weighted by Crippen LogP contribution is -2.54. The van der Waals surface area contributed by atoms with E-state index in [0.717, 1.165) is 81.9 Å². The predicted octanol–water partition coefficient (Wildman–Crippen LogP) is 2.51. The number of ether oxygens (including phenoxy) is 2. The Morgan fingerprint density at radius 1 is 1.10 bits per heavy atom. The van der Waals surface area contributed by atoms with Gasteiger partial charge in [-0.25, -0.2) is 0 Å². The van der Waals surface area contributed by atoms with Crippen molar-refractivity contribution in [3.63, 3.8) is 0 Å². The molecule has 0 aromatic heterocycles. The molecule has 1 aliphatic carbocycles. The monoisotopic (exact) mass is 414 g/mol. The number of hydrogen-bond donors (Lipinski definition) is 0. The van der Waals surface area contributed by atoms with Gasteiger partial charge in [-0.1, -0.05) is 19.3 Å². The first-order chi connectivity index (χ1) is 14.5. The topological polar surface area (TPSA) is 69.0 Å². The largest absolute Gasteiger partial charge is 0.497 e. The second kappa shape index (κ2) is 10.1. The van der Waals surface area contributed by atoms with Crippen molar-refractivity contribution in [2.24, 2.45) is 0 Å². The summed E-state index contributed by atoms with van der Waals surface area (Å²) in [6.07, 6.45) is 4.80. The van der Waals surface area contributed by atoms with Crippen LogP contribution in [0.4, 0.5) is 0 Å². The first-order valence-electron chi connectivity index (χ1n) is 10.8. The zero-order chi connectivity index (χ0) is 21.6. The summed E-state index contributed by atoms with van der Waals surface area (Å²) in [6, 6.07) is 8.31. The molecule has 1 aromatic rings. The van der Waals surface area contributed by atoms with Crippen LogP contribution in [-0.4, -0.2) is 80.1 Å². The van der Waals surface area contributed by atoms with Crippen LogP contribution in [0.3, 0.4) is 0 Å². The average molecular weight is 415 g/mol. The molecule has 1 aliphatic heterocycles. The fourth-order valence-electron chi connectivity index (χ4n) is 4.55. The molecule has 1 saturated heterocycles. The molecule has 1 aromatic carbocycles. The summed E-state index contributed by atoms with van der Waals surface area (Å²) in [5.74, 6) is 1.75. The number of amides is 1. The molecule has 164 valence electrons. The number of likely N-dealkylation sites (N-methyl/N-ethyl adjacent to an activating group) is 1. The van der Waals surface area contributed by atoms with Crippen LogP contribution in [0.1, 0.15) is 37.7 Å². The quantitative estimate of drug-likeness (QED) is 0.683. The molecule has 7 heteroatoms. The smallest absolute Gasteiger partial charge is 0.237 e. The van der Waals surface area contributed by atoms with Gasteiger partial charge >= 0.3 is 0 Å². The Bertz CT molecular complexity index is 762. The number of methoxy groups -OCH3 is 2. The number of benzene rings is 1. The normalized spacial score (nSPS) is 19.7. The Labute approximate surface area is 180 Å². The van der Waals surface area contributed by atoms with E-state index in [1.165, 1.54) is 0 Å². The van der Waals surface area contributed by atoms with Crippen LogP contribution >= 0.6 is 0 Å². The van der Waals surface area contributed by atoms with Crippen molar-refractivity contribution in [1.82, 2.24) is 14.7 Å². The van der Waals surface area contributed by atoms with Gasteiger partial charge in [0.2, 0.25) is 5.91 Å². The number of piperazine rings is 1. The SMILES string of the molecule is COc1ccc(OC)c(CN2CCN(CC(=O)N(C)C3(C#N)CCCCC3)CC2)c1. The number of hydrogen-bond acceptors (Lipinski definition) is 6. The molecule has 0 atom stereocenters. The van der Waals surface area contributed by atoms with Gasteiger partial charge in [0.05, 0.1) is 26.8 Å². The second-order valence-electron chi connectivity index (χ2n) is 8.39. The van der Waals surface area contributed by atoms with Gasteiger partial charge in [-0.2, -0.15) is 5.26 Å². The molecule has 0 N–H and O–H groups in total. The van der Waals surface area contributed by atoms with Crippen molar-refractivity contribution in [3.8, 4) is 17.6 Å². The molecule has 0 bridgehead atoms. The highest BCUT2D eigenvalue weighted by atomic mass is 16.5. The summed E-state index contributed by atoms with van der Waals surface area (Å²) < 4.78 is 10.8. The van der Waals surface area contributed by atoms with Crippen molar-refractivity contribution in [3.05, 3.63) is 23.8 Å². The zero-order valence-electron chi connectivity index (χ0n) is 18.5. The number of nitrogens with zero attached hydrogens (tertiary/aromatic N) is 4. The Hall–Kier alpha value is -2.30. The van der Waals surface area contributed by atoms with Crippen LogP contribution in [-0.2, 0) is 11.3 Å². The molecule has 2 aliphatic rings. The minimum absolute atomic E-state index is 0.0568. The standard InChI is InChI=1S/C23H34N4O3/c1-25(23(18-24)9-5-4-6-10-23)22(28)17-27-13-11-26(12-14-27)16-19-15-20(29-2)7-8-21(19)30-3/h7-8,15H,4-6,9-14,16-17H2,1-3H3. The number of nitriles is 1. The van der Waals surface area contributed by atoms with E-state index in [9.17, 15) is 10.1 Å². The Balaban J connectivity index is 1.52. The molecule has 2 fully saturated rings. The van der Waals surface area contributed by atoms with Crippen molar-refractivity contribution in [1.29, 1.82) is 5.26 Å². The number of carbonyl (C=O) groups is 1. The minimum atomic E-state index is -0.611. The zero-order valence-corrected chi connectivity index (χ0v) is 18.5. The molecule has 1 amide bonds. The fraction of sp³-hybridized carbons (Fsp3) is 0.652. The molecule has 0 spiro atoms. The lowest BCUT2D eigenvalue weighted by atomic mass is 9.81. The Morgan fingerprint density at radius 2 is 1.77 bits per heavy atom. The first kappa shape index (κ1) is 22.4. The van der Waals surface area contributed by atoms with Gasteiger partial charge in [-0.3, -0.25) is 14.6 Å². The van der Waals surface area contributed by atoms with E-state index >= 15 is 0 Å². The van der Waals surface area contributed by atoms with Crippen molar-refractivity contribution >= 4 is 5.91 Å². The van der Waals surface area contributed by atoms with E-state index in [4.69, 9.17) is 9.47 Å². The van der Waals surface area contributed by atoms with Crippen molar-refractivity contribution in [2.45, 2.75) is 44.2 Å². The van der Waals surface area contributed by atoms with E-state index in [-0.39, 0.29) is 5.91 Å². The number of rotatable bonds is 7. The summed E-state index contributed by atoms with van der Waals surface area (Å²) in [6.45, 7) is 4.63. The number of carbonyl (C=O) groups excluding carboxylic acids is 1. The molecule has 7 nitrogen and oxygen atoms in total. The van der Waals surface area contributed by atoms with Gasteiger partial charge in [0, 0.05) is 45.3 Å². The van der Waals surface area contributed by atoms with Gasteiger partial charge in [0.15, 0.2) is 0 Å². The average Bonchev–Trinajstić information content (AvgIpc) is 2.80. The molecule has 1 saturated carbocycles. The molecule has 0 radical (unpaired) electrons. The van der Waals surface area contributed by atoms with Crippen LogP contribution in [0.25, 0.3) is 0 Å². The van der Waals surface area contributed by atoms with Crippen LogP contribution in [0, 0.1) is 11.3 Å². The highest BCUT2D eigenvalue weighted by Gasteiger charge is 2.39. The highest BCUT2D eigenvalue weighted by Crippen LogP contribution is 2.32. The van der Waals surface area contributed by atoms with Gasteiger partial charge in [0.1, 0.15) is 17.0 Å². The third-order valence-electron chi connectivity index (χ3n) is 6.61. The molecular formula is C23H34N4O3. The van der Waals surface area contributed by atoms with Gasteiger partial charge < -0.3 is 14.4 Å². The molecule has 1 heterocycles. The van der Waals surface area contributed by atoms with Gasteiger partial charge in [-0.15, -0.1) is 0 Å². The maximum absolute atomic E-state index is 12.9. The lowest BCUT2D eigenvalue weighted by molar-refractivity contribution is -0.136. The summed E-state index contributed by atoms with van der Waals surface area (Å²) in [5.41, 5.74) is 0.495. The van der Waals surface area contributed by atoms with Crippen molar-refractivity contribution in [2.75, 3.05) is 54.0 Å². The van der Waals surface area contributed by atoms with E-state index in [1.54, 1.807) is 19.1 Å². The van der Waals surface area contributed by atoms with Gasteiger partial charge in [0.25, 0.3) is 0 Å². The predicted molar refractivity (Wildman–Crippen MR) is 115 cm³/mol. The van der Waals surface area contributed by atoms with E-state index in [2.05, 4.69) is 15.9 Å². The summed E-state index contributed by atoms with van der Waals surface area (Å²) >= 11 is 0. The summed E-state index contributed by atoms with van der Waals surface area (Å²) in [7, 11) is 5.16. The fourth-order valence-corrected chi connectivity index (χ4v) is 4.55. The molecular weight excluding hydrogens is 380 g/mol.